The minimum absolute atomic E-state index is 0.0735. The van der Waals surface area contributed by atoms with Crippen molar-refractivity contribution in [3.05, 3.63) is 22.2 Å². The molecule has 1 aliphatic heterocycles. The van der Waals surface area contributed by atoms with Crippen molar-refractivity contribution in [1.82, 2.24) is 15.3 Å². The van der Waals surface area contributed by atoms with Crippen LogP contribution in [0.15, 0.2) is 10.9 Å². The molecule has 2 heterocycles. The number of anilines is 1. The molecule has 82 valence electrons. The second-order valence-corrected chi connectivity index (χ2v) is 4.07. The third-order valence-electron chi connectivity index (χ3n) is 2.65. The highest BCUT2D eigenvalue weighted by molar-refractivity contribution is 5.35. The van der Waals surface area contributed by atoms with Crippen LogP contribution in [0, 0.1) is 0 Å². The Morgan fingerprint density at radius 2 is 2.33 bits per heavy atom. The van der Waals surface area contributed by atoms with Gasteiger partial charge in [0.2, 0.25) is 0 Å². The molecule has 0 amide bonds. The molecule has 0 bridgehead atoms. The molecule has 1 fully saturated rings. The number of hydrogen-bond donors (Lipinski definition) is 2. The summed E-state index contributed by atoms with van der Waals surface area (Å²) < 4.78 is 0. The second kappa shape index (κ2) is 4.02. The zero-order chi connectivity index (χ0) is 10.8. The lowest BCUT2D eigenvalue weighted by Crippen LogP contribution is -2.20. The number of nitrogens with zero attached hydrogens (tertiary/aromatic N) is 2. The molecule has 15 heavy (non-hydrogen) atoms. The summed E-state index contributed by atoms with van der Waals surface area (Å²) in [5.74, 6) is 1.87. The van der Waals surface area contributed by atoms with Crippen LogP contribution in [0.4, 0.5) is 5.82 Å². The van der Waals surface area contributed by atoms with Crippen LogP contribution >= 0.6 is 0 Å². The molecule has 5 nitrogen and oxygen atoms in total. The van der Waals surface area contributed by atoms with E-state index >= 15 is 0 Å². The molecule has 0 saturated carbocycles. The van der Waals surface area contributed by atoms with E-state index in [0.717, 1.165) is 31.2 Å². The Hall–Kier alpha value is -1.36. The highest BCUT2D eigenvalue weighted by Crippen LogP contribution is 2.18. The molecule has 1 atom stereocenters. The Morgan fingerprint density at radius 3 is 2.93 bits per heavy atom. The van der Waals surface area contributed by atoms with Gasteiger partial charge in [0, 0.05) is 32.6 Å². The number of hydrogen-bond acceptors (Lipinski definition) is 4. The lowest BCUT2D eigenvalue weighted by Gasteiger charge is -2.14. The van der Waals surface area contributed by atoms with E-state index in [2.05, 4.69) is 15.3 Å². The van der Waals surface area contributed by atoms with Gasteiger partial charge in [0.15, 0.2) is 0 Å². The van der Waals surface area contributed by atoms with Gasteiger partial charge in [-0.1, -0.05) is 0 Å². The summed E-state index contributed by atoms with van der Waals surface area (Å²) in [7, 11) is 3.77. The van der Waals surface area contributed by atoms with Crippen molar-refractivity contribution < 1.29 is 0 Å². The highest BCUT2D eigenvalue weighted by Gasteiger charge is 2.19. The highest BCUT2D eigenvalue weighted by atomic mass is 16.1. The zero-order valence-electron chi connectivity index (χ0n) is 9.08. The third-order valence-corrected chi connectivity index (χ3v) is 2.65. The predicted octanol–water partition coefficient (Wildman–Crippen LogP) is -0.0872. The maximum absolute atomic E-state index is 11.4. The molecule has 5 heteroatoms. The number of nitrogens with one attached hydrogen (secondary N) is 2. The van der Waals surface area contributed by atoms with E-state index in [-0.39, 0.29) is 5.56 Å². The number of H-pyrrole nitrogens is 1. The Bertz CT molecular complexity index is 393. The number of aromatic amines is 1. The predicted molar refractivity (Wildman–Crippen MR) is 59.4 cm³/mol. The summed E-state index contributed by atoms with van der Waals surface area (Å²) in [6.45, 7) is 1.90. The van der Waals surface area contributed by atoms with E-state index in [1.165, 1.54) is 6.07 Å². The van der Waals surface area contributed by atoms with Gasteiger partial charge in [-0.2, -0.15) is 0 Å². The minimum Gasteiger partial charge on any atom is -0.363 e. The van der Waals surface area contributed by atoms with Crippen molar-refractivity contribution in [2.45, 2.75) is 12.3 Å². The van der Waals surface area contributed by atoms with Crippen LogP contribution in [0.3, 0.4) is 0 Å². The summed E-state index contributed by atoms with van der Waals surface area (Å²) in [5.41, 5.74) is -0.0735. The summed E-state index contributed by atoms with van der Waals surface area (Å²) in [5, 5.41) is 3.26. The van der Waals surface area contributed by atoms with Crippen LogP contribution in [-0.2, 0) is 0 Å². The van der Waals surface area contributed by atoms with Gasteiger partial charge in [-0.3, -0.25) is 4.79 Å². The quantitative estimate of drug-likeness (QED) is 0.713. The number of rotatable bonds is 2. The fraction of sp³-hybridized carbons (Fsp3) is 0.600. The van der Waals surface area contributed by atoms with Gasteiger partial charge in [-0.05, 0) is 13.0 Å². The van der Waals surface area contributed by atoms with Gasteiger partial charge < -0.3 is 15.2 Å². The minimum atomic E-state index is -0.0735. The maximum Gasteiger partial charge on any atom is 0.252 e. The molecule has 1 aromatic rings. The van der Waals surface area contributed by atoms with Gasteiger partial charge in [-0.25, -0.2) is 4.98 Å². The molecule has 1 aliphatic rings. The van der Waals surface area contributed by atoms with Crippen LogP contribution < -0.4 is 15.8 Å². The molecule has 0 aliphatic carbocycles. The fourth-order valence-corrected chi connectivity index (χ4v) is 1.77. The average molecular weight is 208 g/mol. The van der Waals surface area contributed by atoms with E-state index in [9.17, 15) is 4.79 Å². The molecule has 1 aromatic heterocycles. The molecule has 1 unspecified atom stereocenters. The molecule has 0 aromatic carbocycles. The van der Waals surface area contributed by atoms with Crippen molar-refractivity contribution in [3.8, 4) is 0 Å². The molecule has 1 saturated heterocycles. The van der Waals surface area contributed by atoms with Crippen molar-refractivity contribution >= 4 is 5.82 Å². The normalized spacial score (nSPS) is 20.5. The molecular formula is C10H16N4O. The summed E-state index contributed by atoms with van der Waals surface area (Å²) >= 11 is 0. The van der Waals surface area contributed by atoms with Crippen molar-refractivity contribution in [2.75, 3.05) is 32.1 Å². The molecule has 2 N–H and O–H groups in total. The van der Waals surface area contributed by atoms with E-state index in [4.69, 9.17) is 0 Å². The van der Waals surface area contributed by atoms with E-state index in [0.29, 0.717) is 5.92 Å². The molecule has 2 rings (SSSR count). The Labute approximate surface area is 88.5 Å². The Morgan fingerprint density at radius 1 is 1.53 bits per heavy atom. The lowest BCUT2D eigenvalue weighted by molar-refractivity contribution is 0.695. The first-order chi connectivity index (χ1) is 7.16. The van der Waals surface area contributed by atoms with Crippen LogP contribution in [0.5, 0.6) is 0 Å². The smallest absolute Gasteiger partial charge is 0.252 e. The van der Waals surface area contributed by atoms with E-state index in [1.807, 2.05) is 19.0 Å². The zero-order valence-corrected chi connectivity index (χ0v) is 9.08. The fourth-order valence-electron chi connectivity index (χ4n) is 1.77. The third kappa shape index (κ3) is 2.18. The first-order valence-corrected chi connectivity index (χ1v) is 5.16. The van der Waals surface area contributed by atoms with Gasteiger partial charge in [-0.15, -0.1) is 0 Å². The SMILES string of the molecule is CN(C)c1cc(=O)[nH]c(C2CCNC2)n1. The average Bonchev–Trinajstić information content (AvgIpc) is 2.69. The van der Waals surface area contributed by atoms with Gasteiger partial charge in [0.1, 0.15) is 11.6 Å². The van der Waals surface area contributed by atoms with Crippen LogP contribution in [0.25, 0.3) is 0 Å². The summed E-state index contributed by atoms with van der Waals surface area (Å²) in [6.07, 6.45) is 1.04. The first-order valence-electron chi connectivity index (χ1n) is 5.16. The largest absolute Gasteiger partial charge is 0.363 e. The topological polar surface area (TPSA) is 61.0 Å². The molecule has 0 radical (unpaired) electrons. The maximum atomic E-state index is 11.4. The van der Waals surface area contributed by atoms with Crippen LogP contribution in [0.1, 0.15) is 18.2 Å². The second-order valence-electron chi connectivity index (χ2n) is 4.07. The molecule has 0 spiro atoms. The van der Waals surface area contributed by atoms with Crippen molar-refractivity contribution in [1.29, 1.82) is 0 Å². The lowest BCUT2D eigenvalue weighted by atomic mass is 10.1. The first kappa shape index (κ1) is 10.2. The van der Waals surface area contributed by atoms with Gasteiger partial charge in [0.25, 0.3) is 5.56 Å². The summed E-state index contributed by atoms with van der Waals surface area (Å²) in [6, 6.07) is 1.52. The van der Waals surface area contributed by atoms with E-state index in [1.54, 1.807) is 0 Å². The van der Waals surface area contributed by atoms with Gasteiger partial charge in [0.05, 0.1) is 0 Å². The van der Waals surface area contributed by atoms with E-state index < -0.39 is 0 Å². The van der Waals surface area contributed by atoms with Crippen molar-refractivity contribution in [3.63, 3.8) is 0 Å². The Balaban J connectivity index is 2.34. The van der Waals surface area contributed by atoms with Crippen LogP contribution in [0.2, 0.25) is 0 Å². The standard InChI is InChI=1S/C10H16N4O/c1-14(2)8-5-9(15)13-10(12-8)7-3-4-11-6-7/h5,7,11H,3-4,6H2,1-2H3,(H,12,13,15). The summed E-state index contributed by atoms with van der Waals surface area (Å²) in [4.78, 5) is 20.5. The Kier molecular flexibility index (Phi) is 2.73. The monoisotopic (exact) mass is 208 g/mol. The van der Waals surface area contributed by atoms with Crippen LogP contribution in [-0.4, -0.2) is 37.2 Å². The van der Waals surface area contributed by atoms with Crippen molar-refractivity contribution in [2.24, 2.45) is 0 Å². The van der Waals surface area contributed by atoms with Gasteiger partial charge >= 0.3 is 0 Å². The molecular weight excluding hydrogens is 192 g/mol. The number of aromatic nitrogens is 2.